The first kappa shape index (κ1) is 14.6. The van der Waals surface area contributed by atoms with Crippen molar-refractivity contribution in [1.29, 1.82) is 0 Å². The lowest BCUT2D eigenvalue weighted by Crippen LogP contribution is -2.40. The number of rotatable bonds is 3. The Morgan fingerprint density at radius 2 is 1.88 bits per heavy atom. The van der Waals surface area contributed by atoms with Crippen molar-refractivity contribution in [1.82, 2.24) is 14.8 Å². The topological polar surface area (TPSA) is 53.5 Å². The van der Waals surface area contributed by atoms with E-state index in [-0.39, 0.29) is 24.0 Å². The number of imide groups is 1. The first-order valence-electron chi connectivity index (χ1n) is 8.85. The van der Waals surface area contributed by atoms with Gasteiger partial charge in [-0.05, 0) is 60.1 Å². The molecule has 0 spiro atoms. The molecule has 3 unspecified atom stereocenters. The van der Waals surface area contributed by atoms with E-state index in [1.807, 2.05) is 41.3 Å². The van der Waals surface area contributed by atoms with Crippen molar-refractivity contribution in [3.63, 3.8) is 0 Å². The number of piperidine rings is 1. The third-order valence-corrected chi connectivity index (χ3v) is 5.84. The van der Waals surface area contributed by atoms with Crippen LogP contribution < -0.4 is 0 Å². The van der Waals surface area contributed by atoms with Gasteiger partial charge in [0.05, 0.1) is 6.54 Å². The maximum atomic E-state index is 12.8. The molecule has 3 amide bonds. The maximum absolute atomic E-state index is 12.8. The fourth-order valence-electron chi connectivity index (χ4n) is 4.70. The van der Waals surface area contributed by atoms with Gasteiger partial charge in [-0.1, -0.05) is 18.2 Å². The molecule has 1 saturated carbocycles. The van der Waals surface area contributed by atoms with Crippen LogP contribution >= 0.6 is 0 Å². The Labute approximate surface area is 146 Å². The predicted molar refractivity (Wildman–Crippen MR) is 92.4 cm³/mol. The molecule has 3 atom stereocenters. The molecular weight excluding hydrogens is 314 g/mol. The number of urea groups is 1. The maximum Gasteiger partial charge on any atom is 0.328 e. The Hall–Kier alpha value is -2.69. The number of benzene rings is 1. The molecular formula is C20H19N3O2. The van der Waals surface area contributed by atoms with E-state index in [1.54, 1.807) is 12.4 Å². The number of pyridine rings is 1. The zero-order valence-electron chi connectivity index (χ0n) is 13.8. The standard InChI is InChI=1S/C20H19N3O2/c24-19-18-16-4-5-17(11-16)23(18)20(25)22(19)12-13-2-1-3-15(10-13)14-6-8-21-9-7-14/h1-3,6-10,16-18H,4-5,11-12H2. The van der Waals surface area contributed by atoms with Crippen LogP contribution in [0.3, 0.4) is 0 Å². The van der Waals surface area contributed by atoms with Crippen LogP contribution in [0.4, 0.5) is 4.79 Å². The number of fused-ring (bicyclic) bond motifs is 5. The van der Waals surface area contributed by atoms with E-state index in [2.05, 4.69) is 4.98 Å². The molecule has 5 nitrogen and oxygen atoms in total. The lowest BCUT2D eigenvalue weighted by Gasteiger charge is -2.25. The van der Waals surface area contributed by atoms with Crippen molar-refractivity contribution in [2.45, 2.75) is 37.9 Å². The van der Waals surface area contributed by atoms with Gasteiger partial charge in [-0.3, -0.25) is 14.7 Å². The minimum atomic E-state index is -0.199. The second kappa shape index (κ2) is 5.41. The van der Waals surface area contributed by atoms with Crippen molar-refractivity contribution in [3.8, 4) is 11.1 Å². The Bertz CT molecular complexity index is 823. The predicted octanol–water partition coefficient (Wildman–Crippen LogP) is 3.06. The van der Waals surface area contributed by atoms with Gasteiger partial charge >= 0.3 is 6.03 Å². The number of carbonyl (C=O) groups excluding carboxylic acids is 2. The smallest absolute Gasteiger partial charge is 0.309 e. The monoisotopic (exact) mass is 333 g/mol. The largest absolute Gasteiger partial charge is 0.328 e. The minimum Gasteiger partial charge on any atom is -0.309 e. The molecule has 5 heteroatoms. The third-order valence-electron chi connectivity index (χ3n) is 5.84. The van der Waals surface area contributed by atoms with Crippen molar-refractivity contribution >= 4 is 11.9 Å². The SMILES string of the molecule is O=C1C2C3CCC(C3)N2C(=O)N1Cc1cccc(-c2ccncc2)c1. The third kappa shape index (κ3) is 2.18. The van der Waals surface area contributed by atoms with E-state index in [4.69, 9.17) is 0 Å². The highest BCUT2D eigenvalue weighted by molar-refractivity contribution is 6.05. The van der Waals surface area contributed by atoms with Crippen molar-refractivity contribution in [3.05, 3.63) is 54.4 Å². The fourth-order valence-corrected chi connectivity index (χ4v) is 4.70. The molecule has 3 heterocycles. The van der Waals surface area contributed by atoms with Crippen LogP contribution in [-0.4, -0.2) is 38.8 Å². The zero-order valence-corrected chi connectivity index (χ0v) is 13.8. The minimum absolute atomic E-state index is 0.00786. The average Bonchev–Trinajstić information content (AvgIpc) is 3.33. The van der Waals surface area contributed by atoms with Gasteiger partial charge in [0.2, 0.25) is 0 Å². The fraction of sp³-hybridized carbons (Fsp3) is 0.350. The van der Waals surface area contributed by atoms with E-state index in [1.165, 1.54) is 4.90 Å². The number of carbonyl (C=O) groups is 2. The first-order valence-corrected chi connectivity index (χ1v) is 8.85. The molecule has 3 aliphatic rings. The van der Waals surface area contributed by atoms with Gasteiger partial charge in [-0.2, -0.15) is 0 Å². The number of hydrogen-bond donors (Lipinski definition) is 0. The first-order chi connectivity index (χ1) is 12.2. The van der Waals surface area contributed by atoms with Crippen LogP contribution in [0.5, 0.6) is 0 Å². The molecule has 3 fully saturated rings. The number of aromatic nitrogens is 1. The summed E-state index contributed by atoms with van der Waals surface area (Å²) >= 11 is 0. The number of nitrogens with zero attached hydrogens (tertiary/aromatic N) is 3. The normalized spacial score (nSPS) is 27.3. The number of hydrogen-bond acceptors (Lipinski definition) is 3. The van der Waals surface area contributed by atoms with Gasteiger partial charge in [-0.15, -0.1) is 0 Å². The molecule has 0 N–H and O–H groups in total. The van der Waals surface area contributed by atoms with Crippen LogP contribution in [0, 0.1) is 5.92 Å². The summed E-state index contributed by atoms with van der Waals surface area (Å²) in [4.78, 5) is 32.9. The van der Waals surface area contributed by atoms with Crippen LogP contribution in [0.2, 0.25) is 0 Å². The molecule has 2 aromatic rings. The van der Waals surface area contributed by atoms with Gasteiger partial charge < -0.3 is 4.90 Å². The second-order valence-corrected chi connectivity index (χ2v) is 7.22. The molecule has 2 saturated heterocycles. The highest BCUT2D eigenvalue weighted by atomic mass is 16.2. The van der Waals surface area contributed by atoms with Crippen molar-refractivity contribution < 1.29 is 9.59 Å². The average molecular weight is 333 g/mol. The lowest BCUT2D eigenvalue weighted by atomic mass is 9.99. The highest BCUT2D eigenvalue weighted by Gasteiger charge is 2.58. The Morgan fingerprint density at radius 1 is 1.04 bits per heavy atom. The summed E-state index contributed by atoms with van der Waals surface area (Å²) in [5, 5.41) is 0. The Morgan fingerprint density at radius 3 is 2.68 bits per heavy atom. The van der Waals surface area contributed by atoms with Crippen LogP contribution in [0.1, 0.15) is 24.8 Å². The summed E-state index contributed by atoms with van der Waals surface area (Å²) in [6.07, 6.45) is 6.66. The molecule has 1 aromatic carbocycles. The highest BCUT2D eigenvalue weighted by Crippen LogP contribution is 2.46. The van der Waals surface area contributed by atoms with E-state index in [9.17, 15) is 9.59 Å². The lowest BCUT2D eigenvalue weighted by molar-refractivity contribution is -0.129. The number of amides is 3. The summed E-state index contributed by atoms with van der Waals surface area (Å²) in [5.41, 5.74) is 3.12. The zero-order chi connectivity index (χ0) is 17.0. The summed E-state index contributed by atoms with van der Waals surface area (Å²) in [5.74, 6) is 0.362. The van der Waals surface area contributed by atoms with Gasteiger partial charge in [0.1, 0.15) is 6.04 Å². The Balaban J connectivity index is 1.41. The van der Waals surface area contributed by atoms with Gasteiger partial charge in [0.15, 0.2) is 0 Å². The molecule has 0 radical (unpaired) electrons. The molecule has 1 aliphatic carbocycles. The van der Waals surface area contributed by atoms with Crippen molar-refractivity contribution in [2.24, 2.45) is 5.92 Å². The van der Waals surface area contributed by atoms with E-state index < -0.39 is 0 Å². The molecule has 126 valence electrons. The summed E-state index contributed by atoms with van der Waals surface area (Å²) < 4.78 is 0. The second-order valence-electron chi connectivity index (χ2n) is 7.22. The Kier molecular flexibility index (Phi) is 3.17. The quantitative estimate of drug-likeness (QED) is 0.811. The van der Waals surface area contributed by atoms with E-state index in [0.29, 0.717) is 12.5 Å². The van der Waals surface area contributed by atoms with Gasteiger partial charge in [0, 0.05) is 18.4 Å². The van der Waals surface area contributed by atoms with Gasteiger partial charge in [0.25, 0.3) is 5.91 Å². The molecule has 25 heavy (non-hydrogen) atoms. The van der Waals surface area contributed by atoms with Crippen LogP contribution in [0.15, 0.2) is 48.8 Å². The molecule has 5 rings (SSSR count). The van der Waals surface area contributed by atoms with Gasteiger partial charge in [-0.25, -0.2) is 4.79 Å². The molecule has 2 aliphatic heterocycles. The summed E-state index contributed by atoms with van der Waals surface area (Å²) in [7, 11) is 0. The summed E-state index contributed by atoms with van der Waals surface area (Å²) in [6.45, 7) is 0.350. The molecule has 2 bridgehead atoms. The van der Waals surface area contributed by atoms with Crippen molar-refractivity contribution in [2.75, 3.05) is 0 Å². The van der Waals surface area contributed by atoms with E-state index >= 15 is 0 Å². The van der Waals surface area contributed by atoms with Crippen LogP contribution in [0.25, 0.3) is 11.1 Å². The molecule has 1 aromatic heterocycles. The van der Waals surface area contributed by atoms with Crippen LogP contribution in [-0.2, 0) is 11.3 Å². The summed E-state index contributed by atoms with van der Waals surface area (Å²) in [6, 6.07) is 11.9. The van der Waals surface area contributed by atoms with E-state index in [0.717, 1.165) is 36.0 Å².